The zero-order valence-corrected chi connectivity index (χ0v) is 79.2. The van der Waals surface area contributed by atoms with Crippen LogP contribution >= 0.6 is 0 Å². The Kier molecular flexibility index (Phi) is 62.3. The fourth-order valence-electron chi connectivity index (χ4n) is 13.8. The van der Waals surface area contributed by atoms with E-state index in [9.17, 15) is 81.7 Å². The zero-order valence-electron chi connectivity index (χ0n) is 79.2. The highest BCUT2D eigenvalue weighted by atomic mass is 16.6. The first-order chi connectivity index (χ1) is 58.3. The average molecular weight is 1770 g/mol. The minimum Gasteiger partial charge on any atom is -0.396 e. The number of hydrogen-bond acceptors (Lipinski definition) is 31. The molecule has 0 aromatic rings. The Morgan fingerprint density at radius 2 is 0.189 bits per heavy atom. The van der Waals surface area contributed by atoms with E-state index in [0.29, 0.717) is 96.3 Å². The molecular weight excluding hydrogens is 1590 g/mol. The Labute approximate surface area is 735 Å². The third-order valence-corrected chi connectivity index (χ3v) is 28.5. The maximum Gasteiger partial charge on any atom is 0.0566 e. The van der Waals surface area contributed by atoms with Gasteiger partial charge >= 0.3 is 0 Å². The van der Waals surface area contributed by atoms with Crippen molar-refractivity contribution in [2.75, 3.05) is 304 Å². The van der Waals surface area contributed by atoms with Crippen molar-refractivity contribution in [3.63, 3.8) is 0 Å². The summed E-state index contributed by atoms with van der Waals surface area (Å²) in [6, 6.07) is 0. The number of rotatable bonds is 89. The molecule has 0 aliphatic rings. The minimum atomic E-state index is -0.975. The third-order valence-electron chi connectivity index (χ3n) is 28.5. The van der Waals surface area contributed by atoms with E-state index in [4.69, 9.17) is 71.1 Å². The summed E-state index contributed by atoms with van der Waals surface area (Å²) in [7, 11) is 1.58. The first-order valence-electron chi connectivity index (χ1n) is 45.7. The van der Waals surface area contributed by atoms with Gasteiger partial charge in [0.05, 0.1) is 297 Å². The van der Waals surface area contributed by atoms with Crippen LogP contribution in [-0.2, 0) is 71.1 Å². The van der Waals surface area contributed by atoms with Crippen LogP contribution in [0.4, 0.5) is 0 Å². The molecule has 0 aliphatic carbocycles. The fourth-order valence-corrected chi connectivity index (χ4v) is 13.8. The second-order valence-electron chi connectivity index (χ2n) is 37.7. The van der Waals surface area contributed by atoms with E-state index in [1.54, 1.807) is 7.11 Å². The van der Waals surface area contributed by atoms with Gasteiger partial charge < -0.3 is 153 Å². The number of aliphatic hydroxyl groups excluding tert-OH is 16. The predicted molar refractivity (Wildman–Crippen MR) is 468 cm³/mol. The first kappa shape index (κ1) is 121. The molecule has 122 heavy (non-hydrogen) atoms. The van der Waals surface area contributed by atoms with E-state index in [-0.39, 0.29) is 297 Å². The van der Waals surface area contributed by atoms with Gasteiger partial charge in [-0.25, -0.2) is 0 Å². The van der Waals surface area contributed by atoms with Crippen LogP contribution in [0.3, 0.4) is 0 Å². The molecule has 0 radical (unpaired) electrons. The standard InChI is InChI=1S/C91H184O31/c1-17-77(32-92,33-93)49-109-56-84(24-8,45-105)58-116-67-88(28-12,64-113-53-81(21-5,40-100)41-101)72-121-73-89(29-13,65-114-54-82(22-6,42-102)43-103)74-122-75-90(30-14,66-115-55-83(23-7,44-104)48-108-16)68-118-60-86(26-10,47-107)61-119-70-91(31-15,69-117-59-85(25-9,46-106)57-110-50-78(18-2,34-94)35-95)76-120-71-87(27-11,62-111-51-79(19-3,36-96)37-97)63-112-52-80(20-4,38-98)39-99/h92-107H,17-76H2,1-16H3. The molecule has 8 atom stereocenters. The lowest BCUT2D eigenvalue weighted by molar-refractivity contribution is -0.153. The average Bonchev–Trinajstić information content (AvgIpc) is 0.838. The van der Waals surface area contributed by atoms with Crippen LogP contribution < -0.4 is 0 Å². The van der Waals surface area contributed by atoms with Crippen molar-refractivity contribution < 1.29 is 153 Å². The molecule has 0 heterocycles. The van der Waals surface area contributed by atoms with Crippen molar-refractivity contribution in [1.82, 2.24) is 0 Å². The Morgan fingerprint density at radius 1 is 0.115 bits per heavy atom. The highest BCUT2D eigenvalue weighted by molar-refractivity contribution is 4.92. The first-order valence-corrected chi connectivity index (χ1v) is 45.7. The molecule has 0 spiro atoms. The maximum atomic E-state index is 11.6. The fraction of sp³-hybridized carbons (Fsp3) is 1.00. The van der Waals surface area contributed by atoms with Crippen molar-refractivity contribution in [1.29, 1.82) is 0 Å². The van der Waals surface area contributed by atoms with E-state index in [1.165, 1.54) is 0 Å². The van der Waals surface area contributed by atoms with Crippen molar-refractivity contribution in [2.45, 2.75) is 200 Å². The minimum absolute atomic E-state index is 0.0192. The summed E-state index contributed by atoms with van der Waals surface area (Å²) in [5.41, 5.74) is -13.1. The Balaban J connectivity index is 8.05. The van der Waals surface area contributed by atoms with Gasteiger partial charge in [-0.15, -0.1) is 0 Å². The summed E-state index contributed by atoms with van der Waals surface area (Å²) in [4.78, 5) is 0. The third kappa shape index (κ3) is 38.2. The van der Waals surface area contributed by atoms with Crippen LogP contribution in [0, 0.1) is 81.2 Å². The van der Waals surface area contributed by atoms with E-state index >= 15 is 0 Å². The van der Waals surface area contributed by atoms with Gasteiger partial charge in [-0.2, -0.15) is 0 Å². The van der Waals surface area contributed by atoms with Crippen LogP contribution in [0.2, 0.25) is 0 Å². The van der Waals surface area contributed by atoms with Crippen molar-refractivity contribution >= 4 is 0 Å². The van der Waals surface area contributed by atoms with Gasteiger partial charge in [0, 0.05) is 88.3 Å². The Bertz CT molecular complexity index is 2390. The lowest BCUT2D eigenvalue weighted by Gasteiger charge is -2.40. The van der Waals surface area contributed by atoms with E-state index in [2.05, 4.69) is 0 Å². The topological polar surface area (TPSA) is 462 Å². The smallest absolute Gasteiger partial charge is 0.0566 e. The highest BCUT2D eigenvalue weighted by Gasteiger charge is 2.45. The molecule has 0 saturated heterocycles. The van der Waals surface area contributed by atoms with Gasteiger partial charge in [-0.05, 0) is 96.3 Å². The molecule has 0 aliphatic heterocycles. The normalized spacial score (nSPS) is 17.2. The van der Waals surface area contributed by atoms with Gasteiger partial charge in [0.15, 0.2) is 0 Å². The summed E-state index contributed by atoms with van der Waals surface area (Å²) >= 11 is 0. The van der Waals surface area contributed by atoms with E-state index in [0.717, 1.165) is 0 Å². The van der Waals surface area contributed by atoms with Gasteiger partial charge in [-0.1, -0.05) is 104 Å². The SMILES string of the molecule is CCC(CO)(CO)COCC(CC)(CO)COCC(CC)(COCC(CC)(CO)CO)COCC(CC)(COCC(CC)(CO)CO)COCC(CC)(COCC(CC)(CO)COC)COCC(CC)(CO)COCC(CC)(COCC(CC)(CO)COCC(CC)(CO)CO)COCC(CC)(COCC(CC)(CO)CO)COCC(CC)(CO)CO. The molecule has 8 unspecified atom stereocenters. The number of hydrogen-bond donors (Lipinski definition) is 16. The van der Waals surface area contributed by atoms with E-state index in [1.807, 2.05) is 104 Å². The summed E-state index contributed by atoms with van der Waals surface area (Å²) in [6.45, 7) is 26.5. The molecule has 0 fully saturated rings. The monoisotopic (exact) mass is 1770 g/mol. The Hall–Kier alpha value is -1.24. The van der Waals surface area contributed by atoms with Crippen molar-refractivity contribution in [3.05, 3.63) is 0 Å². The second kappa shape index (κ2) is 63.0. The van der Waals surface area contributed by atoms with Crippen LogP contribution in [0.15, 0.2) is 0 Å². The molecule has 0 aromatic carbocycles. The quantitative estimate of drug-likeness (QED) is 0.0348. The summed E-state index contributed by atoms with van der Waals surface area (Å²) < 4.78 is 98.3. The van der Waals surface area contributed by atoms with Gasteiger partial charge in [-0.3, -0.25) is 0 Å². The zero-order chi connectivity index (χ0) is 92.5. The molecule has 16 N–H and O–H groups in total. The molecule has 0 rings (SSSR count). The largest absolute Gasteiger partial charge is 0.396 e. The van der Waals surface area contributed by atoms with Gasteiger partial charge in [0.1, 0.15) is 0 Å². The molecule has 0 aromatic heterocycles. The van der Waals surface area contributed by atoms with Crippen LogP contribution in [0.25, 0.3) is 0 Å². The number of ether oxygens (including phenoxy) is 15. The van der Waals surface area contributed by atoms with Crippen molar-refractivity contribution in [2.24, 2.45) is 81.2 Å². The number of aliphatic hydroxyl groups is 16. The maximum absolute atomic E-state index is 11.6. The Morgan fingerprint density at radius 3 is 0.262 bits per heavy atom. The molecule has 0 saturated carbocycles. The predicted octanol–water partition coefficient (Wildman–Crippen LogP) is 5.69. The highest BCUT2D eigenvalue weighted by Crippen LogP contribution is 2.39. The van der Waals surface area contributed by atoms with Crippen LogP contribution in [0.1, 0.15) is 200 Å². The molecule has 734 valence electrons. The van der Waals surface area contributed by atoms with E-state index < -0.39 is 81.2 Å². The summed E-state index contributed by atoms with van der Waals surface area (Å²) in [5, 5.41) is 169. The second-order valence-corrected chi connectivity index (χ2v) is 37.7. The van der Waals surface area contributed by atoms with Crippen LogP contribution in [-0.4, -0.2) is 386 Å². The lowest BCUT2D eigenvalue weighted by Crippen LogP contribution is -2.46. The molecule has 31 nitrogen and oxygen atoms in total. The molecule has 0 bridgehead atoms. The summed E-state index contributed by atoms with van der Waals surface area (Å²) in [6.07, 6.45) is 6.95. The van der Waals surface area contributed by atoms with Gasteiger partial charge in [0.2, 0.25) is 0 Å². The summed E-state index contributed by atoms with van der Waals surface area (Å²) in [5.74, 6) is 0. The molecule has 0 amide bonds. The lowest BCUT2D eigenvalue weighted by atomic mass is 9.84. The van der Waals surface area contributed by atoms with Crippen molar-refractivity contribution in [3.8, 4) is 0 Å². The molecule has 31 heteroatoms. The van der Waals surface area contributed by atoms with Gasteiger partial charge in [0.25, 0.3) is 0 Å². The van der Waals surface area contributed by atoms with Crippen LogP contribution in [0.5, 0.6) is 0 Å². The molecular formula is C91H184O31. The number of methoxy groups -OCH3 is 1.